The van der Waals surface area contributed by atoms with E-state index in [1.165, 1.54) is 0 Å². The molecule has 0 bridgehead atoms. The first-order valence-electron chi connectivity index (χ1n) is 9.17. The topological polar surface area (TPSA) is 79.2 Å². The lowest BCUT2D eigenvalue weighted by molar-refractivity contribution is -0.0874. The van der Waals surface area contributed by atoms with E-state index in [2.05, 4.69) is 0 Å². The molecule has 6 heteroatoms. The Morgan fingerprint density at radius 3 is 2.38 bits per heavy atom. The monoisotopic (exact) mass is 365 g/mol. The number of hydrogen-bond donors (Lipinski definition) is 2. The van der Waals surface area contributed by atoms with Crippen LogP contribution in [-0.4, -0.2) is 58.2 Å². The van der Waals surface area contributed by atoms with Crippen LogP contribution in [0.1, 0.15) is 45.6 Å². The van der Waals surface area contributed by atoms with Gasteiger partial charge in [-0.05, 0) is 39.2 Å². The highest BCUT2D eigenvalue weighted by molar-refractivity contribution is 5.68. The molecular weight excluding hydrogens is 334 g/mol. The van der Waals surface area contributed by atoms with Crippen molar-refractivity contribution in [1.29, 1.82) is 0 Å². The molecule has 0 spiro atoms. The molecule has 26 heavy (non-hydrogen) atoms. The molecule has 1 atom stereocenters. The Hall–Kier alpha value is -1.63. The first kappa shape index (κ1) is 20.7. The molecule has 0 radical (unpaired) electrons. The quantitative estimate of drug-likeness (QED) is 0.810. The number of carbonyl (C=O) groups is 1. The van der Waals surface area contributed by atoms with Gasteiger partial charge in [-0.15, -0.1) is 0 Å². The molecule has 1 amide bonds. The number of ether oxygens (including phenoxy) is 2. The van der Waals surface area contributed by atoms with Gasteiger partial charge in [0.2, 0.25) is 0 Å². The number of aliphatic hydroxyl groups excluding tert-OH is 1. The first-order chi connectivity index (χ1) is 12.2. The molecule has 1 aliphatic heterocycles. The van der Waals surface area contributed by atoms with Gasteiger partial charge in [-0.3, -0.25) is 0 Å². The lowest BCUT2D eigenvalue weighted by atomic mass is 9.86. The summed E-state index contributed by atoms with van der Waals surface area (Å²) in [4.78, 5) is 13.7. The number of piperidine rings is 1. The third-order valence-electron chi connectivity index (χ3n) is 4.49. The molecule has 1 aliphatic rings. The van der Waals surface area contributed by atoms with Gasteiger partial charge < -0.3 is 24.6 Å². The van der Waals surface area contributed by atoms with Gasteiger partial charge in [0.15, 0.2) is 0 Å². The standard InChI is InChI=1S/C20H31NO5/c1-19(2,3)26-18(23)21-11-9-20(24,10-12-21)13-17(14-22)25-15-16-7-5-4-6-8-16/h4-8,17,22,24H,9-15H2,1-3H3. The molecule has 1 unspecified atom stereocenters. The largest absolute Gasteiger partial charge is 0.444 e. The van der Waals surface area contributed by atoms with E-state index in [1.807, 2.05) is 51.1 Å². The fourth-order valence-corrected chi connectivity index (χ4v) is 3.02. The van der Waals surface area contributed by atoms with E-state index < -0.39 is 17.3 Å². The molecule has 2 N–H and O–H groups in total. The second-order valence-electron chi connectivity index (χ2n) is 8.00. The summed E-state index contributed by atoms with van der Waals surface area (Å²) < 4.78 is 11.1. The van der Waals surface area contributed by atoms with Crippen LogP contribution >= 0.6 is 0 Å². The number of likely N-dealkylation sites (tertiary alicyclic amines) is 1. The second kappa shape index (κ2) is 8.84. The number of benzene rings is 1. The van der Waals surface area contributed by atoms with Crippen LogP contribution in [0.3, 0.4) is 0 Å². The Balaban J connectivity index is 1.82. The van der Waals surface area contributed by atoms with E-state index in [0.29, 0.717) is 39.0 Å². The van der Waals surface area contributed by atoms with E-state index in [-0.39, 0.29) is 12.7 Å². The minimum Gasteiger partial charge on any atom is -0.444 e. The lowest BCUT2D eigenvalue weighted by Crippen LogP contribution is -2.49. The number of amides is 1. The summed E-state index contributed by atoms with van der Waals surface area (Å²) in [5.74, 6) is 0. The maximum Gasteiger partial charge on any atom is 0.410 e. The van der Waals surface area contributed by atoms with Crippen molar-refractivity contribution < 1.29 is 24.5 Å². The summed E-state index contributed by atoms with van der Waals surface area (Å²) >= 11 is 0. The molecule has 6 nitrogen and oxygen atoms in total. The van der Waals surface area contributed by atoms with Crippen molar-refractivity contribution >= 4 is 6.09 Å². The van der Waals surface area contributed by atoms with Crippen LogP contribution in [0.15, 0.2) is 30.3 Å². The Kier molecular flexibility index (Phi) is 7.03. The molecule has 1 fully saturated rings. The van der Waals surface area contributed by atoms with Crippen LogP contribution in [0, 0.1) is 0 Å². The van der Waals surface area contributed by atoms with E-state index in [9.17, 15) is 15.0 Å². The van der Waals surface area contributed by atoms with Crippen molar-refractivity contribution in [3.8, 4) is 0 Å². The van der Waals surface area contributed by atoms with Gasteiger partial charge in [-0.25, -0.2) is 4.79 Å². The van der Waals surface area contributed by atoms with Crippen molar-refractivity contribution in [3.05, 3.63) is 35.9 Å². The summed E-state index contributed by atoms with van der Waals surface area (Å²) in [5, 5.41) is 20.4. The molecule has 146 valence electrons. The molecule has 1 heterocycles. The van der Waals surface area contributed by atoms with Gasteiger partial charge in [0.05, 0.1) is 24.9 Å². The van der Waals surface area contributed by atoms with Crippen molar-refractivity contribution in [3.63, 3.8) is 0 Å². The minimum absolute atomic E-state index is 0.148. The van der Waals surface area contributed by atoms with Gasteiger partial charge in [0.1, 0.15) is 5.60 Å². The zero-order valence-electron chi connectivity index (χ0n) is 16.0. The van der Waals surface area contributed by atoms with Crippen LogP contribution in [0.2, 0.25) is 0 Å². The molecule has 0 aliphatic carbocycles. The molecule has 2 rings (SSSR count). The van der Waals surface area contributed by atoms with Crippen molar-refractivity contribution in [1.82, 2.24) is 4.90 Å². The number of hydrogen-bond acceptors (Lipinski definition) is 5. The van der Waals surface area contributed by atoms with Crippen molar-refractivity contribution in [2.75, 3.05) is 19.7 Å². The fourth-order valence-electron chi connectivity index (χ4n) is 3.02. The van der Waals surface area contributed by atoms with Crippen LogP contribution in [0.5, 0.6) is 0 Å². The zero-order valence-corrected chi connectivity index (χ0v) is 16.0. The molecule has 0 aromatic heterocycles. The SMILES string of the molecule is CC(C)(C)OC(=O)N1CCC(O)(CC(CO)OCc2ccccc2)CC1. The lowest BCUT2D eigenvalue weighted by Gasteiger charge is -2.40. The average molecular weight is 365 g/mol. The van der Waals surface area contributed by atoms with Gasteiger partial charge in [-0.2, -0.15) is 0 Å². The van der Waals surface area contributed by atoms with Crippen molar-refractivity contribution in [2.24, 2.45) is 0 Å². The van der Waals surface area contributed by atoms with Crippen LogP contribution in [0.25, 0.3) is 0 Å². The molecule has 1 aromatic carbocycles. The fraction of sp³-hybridized carbons (Fsp3) is 0.650. The zero-order chi connectivity index (χ0) is 19.2. The summed E-state index contributed by atoms with van der Waals surface area (Å²) in [6.07, 6.45) is 0.444. The average Bonchev–Trinajstić information content (AvgIpc) is 2.58. The summed E-state index contributed by atoms with van der Waals surface area (Å²) in [5.41, 5.74) is -0.446. The predicted molar refractivity (Wildman–Crippen MR) is 98.7 cm³/mol. The Labute approximate surface area is 155 Å². The normalized spacial score (nSPS) is 18.4. The highest BCUT2D eigenvalue weighted by atomic mass is 16.6. The highest BCUT2D eigenvalue weighted by Crippen LogP contribution is 2.29. The number of carbonyl (C=O) groups excluding carboxylic acids is 1. The van der Waals surface area contributed by atoms with Gasteiger partial charge in [-0.1, -0.05) is 30.3 Å². The minimum atomic E-state index is -0.942. The third kappa shape index (κ3) is 6.59. The van der Waals surface area contributed by atoms with E-state index in [0.717, 1.165) is 5.56 Å². The van der Waals surface area contributed by atoms with Gasteiger partial charge in [0, 0.05) is 19.5 Å². The second-order valence-corrected chi connectivity index (χ2v) is 8.00. The summed E-state index contributed by atoms with van der Waals surface area (Å²) in [7, 11) is 0. The van der Waals surface area contributed by atoms with E-state index in [1.54, 1.807) is 4.90 Å². The number of nitrogens with zero attached hydrogens (tertiary/aromatic N) is 1. The maximum atomic E-state index is 12.1. The van der Waals surface area contributed by atoms with Crippen LogP contribution in [0.4, 0.5) is 4.79 Å². The number of aliphatic hydroxyl groups is 2. The Morgan fingerprint density at radius 2 is 1.85 bits per heavy atom. The Bertz CT molecular complexity index is 561. The Morgan fingerprint density at radius 1 is 1.23 bits per heavy atom. The summed E-state index contributed by atoms with van der Waals surface area (Å²) in [6, 6.07) is 9.73. The first-order valence-corrected chi connectivity index (χ1v) is 9.17. The van der Waals surface area contributed by atoms with Gasteiger partial charge in [0.25, 0.3) is 0 Å². The van der Waals surface area contributed by atoms with Crippen molar-refractivity contribution in [2.45, 2.75) is 63.9 Å². The number of rotatable bonds is 6. The van der Waals surface area contributed by atoms with Crippen LogP contribution in [-0.2, 0) is 16.1 Å². The molecule has 0 saturated carbocycles. The van der Waals surface area contributed by atoms with Crippen LogP contribution < -0.4 is 0 Å². The molecule has 1 saturated heterocycles. The summed E-state index contributed by atoms with van der Waals surface area (Å²) in [6.45, 7) is 6.62. The highest BCUT2D eigenvalue weighted by Gasteiger charge is 2.37. The third-order valence-corrected chi connectivity index (χ3v) is 4.49. The predicted octanol–water partition coefficient (Wildman–Crippen LogP) is 2.72. The van der Waals surface area contributed by atoms with E-state index >= 15 is 0 Å². The smallest absolute Gasteiger partial charge is 0.410 e. The maximum absolute atomic E-state index is 12.1. The molecular formula is C20H31NO5. The van der Waals surface area contributed by atoms with E-state index in [4.69, 9.17) is 9.47 Å². The van der Waals surface area contributed by atoms with Gasteiger partial charge >= 0.3 is 6.09 Å². The molecule has 1 aromatic rings.